The van der Waals surface area contributed by atoms with Gasteiger partial charge in [0.25, 0.3) is 0 Å². The second-order valence-corrected chi connectivity index (χ2v) is 5.29. The zero-order valence-electron chi connectivity index (χ0n) is 11.3. The molecule has 1 saturated heterocycles. The molecule has 0 spiro atoms. The van der Waals surface area contributed by atoms with Gasteiger partial charge in [-0.2, -0.15) is 0 Å². The van der Waals surface area contributed by atoms with E-state index in [0.717, 1.165) is 12.8 Å². The Bertz CT molecular complexity index is 405. The van der Waals surface area contributed by atoms with Crippen molar-refractivity contribution in [3.63, 3.8) is 0 Å². The van der Waals surface area contributed by atoms with Crippen LogP contribution >= 0.6 is 0 Å². The van der Waals surface area contributed by atoms with Gasteiger partial charge < -0.3 is 10.0 Å². The fourth-order valence-electron chi connectivity index (χ4n) is 2.86. The number of hydrogen-bond donors (Lipinski definition) is 1. The molecule has 1 fully saturated rings. The van der Waals surface area contributed by atoms with Crippen LogP contribution in [0.15, 0.2) is 12.1 Å². The van der Waals surface area contributed by atoms with E-state index in [1.165, 1.54) is 25.0 Å². The maximum absolute atomic E-state index is 13.9. The molecule has 106 valence electrons. The van der Waals surface area contributed by atoms with Crippen LogP contribution in [0.2, 0.25) is 0 Å². The lowest BCUT2D eigenvalue weighted by molar-refractivity contribution is 0.280. The van der Waals surface area contributed by atoms with Crippen molar-refractivity contribution >= 4 is 5.69 Å². The molecule has 19 heavy (non-hydrogen) atoms. The summed E-state index contributed by atoms with van der Waals surface area (Å²) in [6.45, 7) is 3.24. The van der Waals surface area contributed by atoms with Crippen LogP contribution < -0.4 is 4.90 Å². The van der Waals surface area contributed by atoms with Gasteiger partial charge in [-0.3, -0.25) is 0 Å². The first-order valence-electron chi connectivity index (χ1n) is 6.99. The summed E-state index contributed by atoms with van der Waals surface area (Å²) in [6.07, 6.45) is 4.35. The maximum atomic E-state index is 13.9. The van der Waals surface area contributed by atoms with Gasteiger partial charge in [0, 0.05) is 13.1 Å². The minimum Gasteiger partial charge on any atom is -0.392 e. The highest BCUT2D eigenvalue weighted by Crippen LogP contribution is 2.30. The van der Waals surface area contributed by atoms with Crippen molar-refractivity contribution in [2.24, 2.45) is 5.92 Å². The average molecular weight is 269 g/mol. The highest BCUT2D eigenvalue weighted by molar-refractivity contribution is 5.51. The van der Waals surface area contributed by atoms with E-state index in [1.807, 2.05) is 0 Å². The van der Waals surface area contributed by atoms with Gasteiger partial charge in [0.2, 0.25) is 0 Å². The third-order valence-corrected chi connectivity index (χ3v) is 3.89. The fraction of sp³-hybridized carbons (Fsp3) is 0.600. The topological polar surface area (TPSA) is 23.5 Å². The van der Waals surface area contributed by atoms with Gasteiger partial charge in [-0.05, 0) is 36.5 Å². The third-order valence-electron chi connectivity index (χ3n) is 3.89. The van der Waals surface area contributed by atoms with Crippen LogP contribution in [0.5, 0.6) is 0 Å². The van der Waals surface area contributed by atoms with Gasteiger partial charge in [-0.15, -0.1) is 0 Å². The molecule has 2 nitrogen and oxygen atoms in total. The van der Waals surface area contributed by atoms with Crippen molar-refractivity contribution in [1.82, 2.24) is 0 Å². The van der Waals surface area contributed by atoms with E-state index in [0.29, 0.717) is 19.0 Å². The standard InChI is InChI=1S/C15H21F2NO/c1-2-3-11-4-6-18(7-5-11)15-13(16)8-12(10-19)9-14(15)17/h8-9,11,19H,2-7,10H2,1H3. The molecule has 1 heterocycles. The van der Waals surface area contributed by atoms with Crippen molar-refractivity contribution in [3.05, 3.63) is 29.3 Å². The Morgan fingerprint density at radius 2 is 1.79 bits per heavy atom. The highest BCUT2D eigenvalue weighted by atomic mass is 19.1. The van der Waals surface area contributed by atoms with E-state index < -0.39 is 11.6 Å². The summed E-state index contributed by atoms with van der Waals surface area (Å²) in [5, 5.41) is 8.93. The second kappa shape index (κ2) is 6.33. The van der Waals surface area contributed by atoms with Crippen molar-refractivity contribution in [2.75, 3.05) is 18.0 Å². The number of rotatable bonds is 4. The Labute approximate surface area is 113 Å². The first kappa shape index (κ1) is 14.3. The van der Waals surface area contributed by atoms with Gasteiger partial charge in [-0.25, -0.2) is 8.78 Å². The molecule has 0 bridgehead atoms. The number of halogens is 2. The number of anilines is 1. The van der Waals surface area contributed by atoms with Gasteiger partial charge >= 0.3 is 0 Å². The molecule has 1 aliphatic heterocycles. The van der Waals surface area contributed by atoms with Crippen LogP contribution in [-0.4, -0.2) is 18.2 Å². The number of piperidine rings is 1. The summed E-state index contributed by atoms with van der Waals surface area (Å²) in [5.74, 6) is -0.458. The molecule has 0 radical (unpaired) electrons. The molecule has 4 heteroatoms. The van der Waals surface area contributed by atoms with Crippen molar-refractivity contribution in [1.29, 1.82) is 0 Å². The fourth-order valence-corrected chi connectivity index (χ4v) is 2.86. The van der Waals surface area contributed by atoms with E-state index in [4.69, 9.17) is 5.11 Å². The number of aliphatic hydroxyl groups excluding tert-OH is 1. The van der Waals surface area contributed by atoms with E-state index in [9.17, 15) is 8.78 Å². The summed E-state index contributed by atoms with van der Waals surface area (Å²) in [5.41, 5.74) is 0.340. The van der Waals surface area contributed by atoms with Crippen molar-refractivity contribution < 1.29 is 13.9 Å². The maximum Gasteiger partial charge on any atom is 0.149 e. The van der Waals surface area contributed by atoms with Gasteiger partial charge in [0.15, 0.2) is 0 Å². The monoisotopic (exact) mass is 269 g/mol. The van der Waals surface area contributed by atoms with E-state index in [1.54, 1.807) is 4.90 Å². The van der Waals surface area contributed by atoms with Crippen LogP contribution in [0.25, 0.3) is 0 Å². The smallest absolute Gasteiger partial charge is 0.149 e. The molecule has 0 aliphatic carbocycles. The molecular weight excluding hydrogens is 248 g/mol. The lowest BCUT2D eigenvalue weighted by Gasteiger charge is -2.34. The third kappa shape index (κ3) is 3.24. The molecule has 1 N–H and O–H groups in total. The highest BCUT2D eigenvalue weighted by Gasteiger charge is 2.23. The van der Waals surface area contributed by atoms with Gasteiger partial charge in [-0.1, -0.05) is 19.8 Å². The van der Waals surface area contributed by atoms with Crippen LogP contribution in [0.3, 0.4) is 0 Å². The number of hydrogen-bond acceptors (Lipinski definition) is 2. The van der Waals surface area contributed by atoms with Crippen LogP contribution in [0.1, 0.15) is 38.2 Å². The Morgan fingerprint density at radius 1 is 1.21 bits per heavy atom. The molecule has 1 aliphatic rings. The molecule has 0 aromatic heterocycles. The lowest BCUT2D eigenvalue weighted by atomic mass is 9.92. The summed E-state index contributed by atoms with van der Waals surface area (Å²) in [4.78, 5) is 1.79. The normalized spacial score (nSPS) is 16.9. The minimum atomic E-state index is -0.571. The summed E-state index contributed by atoms with van der Waals surface area (Å²) < 4.78 is 27.9. The Kier molecular flexibility index (Phi) is 4.75. The first-order chi connectivity index (χ1) is 9.15. The van der Waals surface area contributed by atoms with Gasteiger partial charge in [0.1, 0.15) is 17.3 Å². The van der Waals surface area contributed by atoms with E-state index in [-0.39, 0.29) is 17.9 Å². The number of benzene rings is 1. The summed E-state index contributed by atoms with van der Waals surface area (Å²) >= 11 is 0. The Hall–Kier alpha value is -1.16. The van der Waals surface area contributed by atoms with E-state index in [2.05, 4.69) is 6.92 Å². The largest absolute Gasteiger partial charge is 0.392 e. The molecule has 1 aromatic carbocycles. The number of nitrogens with zero attached hydrogens (tertiary/aromatic N) is 1. The lowest BCUT2D eigenvalue weighted by Crippen LogP contribution is -2.34. The summed E-state index contributed by atoms with van der Waals surface area (Å²) in [6, 6.07) is 2.44. The zero-order valence-corrected chi connectivity index (χ0v) is 11.3. The molecule has 0 saturated carbocycles. The predicted octanol–water partition coefficient (Wildman–Crippen LogP) is 3.47. The molecule has 2 rings (SSSR count). The molecule has 1 aromatic rings. The number of aliphatic hydroxyl groups is 1. The SMILES string of the molecule is CCCC1CCN(c2c(F)cc(CO)cc2F)CC1. The first-order valence-corrected chi connectivity index (χ1v) is 6.99. The Balaban J connectivity index is 2.11. The van der Waals surface area contributed by atoms with Crippen LogP contribution in [0, 0.1) is 17.6 Å². The minimum absolute atomic E-state index is 0.0622. The van der Waals surface area contributed by atoms with Crippen LogP contribution in [-0.2, 0) is 6.61 Å². The predicted molar refractivity (Wildman–Crippen MR) is 72.1 cm³/mol. The van der Waals surface area contributed by atoms with Crippen LogP contribution in [0.4, 0.5) is 14.5 Å². The van der Waals surface area contributed by atoms with Crippen molar-refractivity contribution in [3.8, 4) is 0 Å². The second-order valence-electron chi connectivity index (χ2n) is 5.29. The molecule has 0 atom stereocenters. The molecule has 0 unspecified atom stereocenters. The summed E-state index contributed by atoms with van der Waals surface area (Å²) in [7, 11) is 0. The molecular formula is C15H21F2NO. The van der Waals surface area contributed by atoms with Gasteiger partial charge in [0.05, 0.1) is 6.61 Å². The van der Waals surface area contributed by atoms with E-state index >= 15 is 0 Å². The molecule has 0 amide bonds. The Morgan fingerprint density at radius 3 is 2.26 bits per heavy atom. The zero-order chi connectivity index (χ0) is 13.8. The average Bonchev–Trinajstić information content (AvgIpc) is 2.40. The quantitative estimate of drug-likeness (QED) is 0.904. The van der Waals surface area contributed by atoms with Crippen molar-refractivity contribution in [2.45, 2.75) is 39.2 Å².